The molecule has 3 aliphatic rings. The Bertz CT molecular complexity index is 271. The number of ether oxygens (including phenoxy) is 1. The molecule has 0 aromatic heterocycles. The highest BCUT2D eigenvalue weighted by molar-refractivity contribution is 5.66. The van der Waals surface area contributed by atoms with E-state index in [1.54, 1.807) is 0 Å². The van der Waals surface area contributed by atoms with Crippen LogP contribution in [0.1, 0.15) is 33.1 Å². The number of hydrogen-bond acceptors (Lipinski definition) is 3. The molecule has 0 amide bonds. The van der Waals surface area contributed by atoms with Crippen LogP contribution in [0.5, 0.6) is 0 Å². The lowest BCUT2D eigenvalue weighted by Gasteiger charge is -2.43. The molecule has 1 saturated carbocycles. The summed E-state index contributed by atoms with van der Waals surface area (Å²) in [4.78, 5) is 12.9. The fraction of sp³-hybridized carbons (Fsp3) is 0.917. The van der Waals surface area contributed by atoms with Crippen molar-refractivity contribution in [2.24, 2.45) is 5.92 Å². The molecule has 0 aromatic carbocycles. The number of aliphatic carboxylic acids is 1. The molecule has 2 heterocycles. The second kappa shape index (κ2) is 4.34. The highest BCUT2D eigenvalue weighted by atomic mass is 16.5. The van der Waals surface area contributed by atoms with E-state index in [4.69, 9.17) is 9.84 Å². The van der Waals surface area contributed by atoms with Gasteiger partial charge >= 0.3 is 5.97 Å². The van der Waals surface area contributed by atoms with Crippen LogP contribution < -0.4 is 0 Å². The minimum absolute atomic E-state index is 0.112. The second-order valence-corrected chi connectivity index (χ2v) is 5.44. The summed E-state index contributed by atoms with van der Waals surface area (Å²) in [6.45, 7) is 6.68. The van der Waals surface area contributed by atoms with Crippen LogP contribution in [-0.4, -0.2) is 47.3 Å². The van der Waals surface area contributed by atoms with Crippen LogP contribution in [0.3, 0.4) is 0 Å². The van der Waals surface area contributed by atoms with Crippen LogP contribution in [0.4, 0.5) is 0 Å². The molecule has 0 aromatic rings. The molecule has 16 heavy (non-hydrogen) atoms. The Morgan fingerprint density at radius 3 is 2.81 bits per heavy atom. The summed E-state index contributed by atoms with van der Waals surface area (Å²) >= 11 is 0. The fourth-order valence-corrected chi connectivity index (χ4v) is 3.23. The van der Waals surface area contributed by atoms with E-state index < -0.39 is 5.97 Å². The number of carbonyl (C=O) groups is 1. The van der Waals surface area contributed by atoms with Crippen LogP contribution in [-0.2, 0) is 9.53 Å². The first kappa shape index (κ1) is 11.9. The van der Waals surface area contributed by atoms with E-state index in [2.05, 4.69) is 18.7 Å². The number of fused-ring (bicyclic) bond motifs is 1. The molecule has 0 radical (unpaired) electrons. The van der Waals surface area contributed by atoms with Gasteiger partial charge in [0.15, 0.2) is 0 Å². The van der Waals surface area contributed by atoms with Crippen molar-refractivity contribution in [1.29, 1.82) is 0 Å². The van der Waals surface area contributed by atoms with Crippen molar-refractivity contribution >= 4 is 5.97 Å². The van der Waals surface area contributed by atoms with Crippen LogP contribution in [0.25, 0.3) is 0 Å². The third-order valence-electron chi connectivity index (χ3n) is 3.86. The second-order valence-electron chi connectivity index (χ2n) is 5.44. The van der Waals surface area contributed by atoms with E-state index in [9.17, 15) is 4.79 Å². The largest absolute Gasteiger partial charge is 0.481 e. The predicted molar refractivity (Wildman–Crippen MR) is 60.4 cm³/mol. The molecule has 3 fully saturated rings. The third-order valence-corrected chi connectivity index (χ3v) is 3.86. The highest BCUT2D eigenvalue weighted by Gasteiger charge is 2.56. The topological polar surface area (TPSA) is 49.8 Å². The Morgan fingerprint density at radius 1 is 1.56 bits per heavy atom. The lowest BCUT2D eigenvalue weighted by molar-refractivity contribution is -0.138. The van der Waals surface area contributed by atoms with Gasteiger partial charge < -0.3 is 9.84 Å². The van der Waals surface area contributed by atoms with Gasteiger partial charge in [-0.15, -0.1) is 0 Å². The average molecular weight is 227 g/mol. The monoisotopic (exact) mass is 227 g/mol. The molecular formula is C12H21NO3. The van der Waals surface area contributed by atoms with Crippen molar-refractivity contribution < 1.29 is 14.6 Å². The third kappa shape index (κ3) is 2.09. The van der Waals surface area contributed by atoms with E-state index in [0.29, 0.717) is 19.3 Å². The summed E-state index contributed by atoms with van der Waals surface area (Å²) in [5.74, 6) is 0.0709. The van der Waals surface area contributed by atoms with E-state index in [-0.39, 0.29) is 12.0 Å². The molecule has 0 atom stereocenters. The van der Waals surface area contributed by atoms with Gasteiger partial charge in [-0.2, -0.15) is 0 Å². The van der Waals surface area contributed by atoms with Gasteiger partial charge in [0.25, 0.3) is 0 Å². The van der Waals surface area contributed by atoms with Crippen LogP contribution in [0, 0.1) is 5.92 Å². The Labute approximate surface area is 96.6 Å². The van der Waals surface area contributed by atoms with E-state index in [1.807, 2.05) is 0 Å². The van der Waals surface area contributed by atoms with Crippen molar-refractivity contribution in [1.82, 2.24) is 4.90 Å². The summed E-state index contributed by atoms with van der Waals surface area (Å²) in [6, 6.07) is 0.565. The minimum Gasteiger partial charge on any atom is -0.481 e. The van der Waals surface area contributed by atoms with Gasteiger partial charge in [0, 0.05) is 18.1 Å². The minimum atomic E-state index is -0.781. The quantitative estimate of drug-likeness (QED) is 0.696. The normalized spacial score (nSPS) is 33.1. The number of nitrogens with zero attached hydrogens (tertiary/aromatic N) is 1. The van der Waals surface area contributed by atoms with Gasteiger partial charge in [0.05, 0.1) is 19.6 Å². The summed E-state index contributed by atoms with van der Waals surface area (Å²) in [5, 5.41) is 8.53. The number of carboxylic acid groups (broad SMARTS) is 1. The highest BCUT2D eigenvalue weighted by Crippen LogP contribution is 2.51. The maximum absolute atomic E-state index is 10.4. The Hall–Kier alpha value is -0.610. The van der Waals surface area contributed by atoms with Crippen LogP contribution >= 0.6 is 0 Å². The van der Waals surface area contributed by atoms with Crippen LogP contribution in [0.15, 0.2) is 0 Å². The van der Waals surface area contributed by atoms with Crippen molar-refractivity contribution in [2.45, 2.75) is 44.7 Å². The zero-order valence-electron chi connectivity index (χ0n) is 10.1. The number of rotatable bonds is 6. The van der Waals surface area contributed by atoms with Gasteiger partial charge in [0.1, 0.15) is 0 Å². The number of carboxylic acids is 1. The van der Waals surface area contributed by atoms with Gasteiger partial charge in [-0.05, 0) is 32.6 Å². The molecule has 92 valence electrons. The molecule has 4 heteroatoms. The van der Waals surface area contributed by atoms with Crippen LogP contribution in [0.2, 0.25) is 0 Å². The van der Waals surface area contributed by atoms with Crippen molar-refractivity contribution in [3.8, 4) is 0 Å². The smallest absolute Gasteiger partial charge is 0.305 e. The molecule has 4 nitrogen and oxygen atoms in total. The summed E-state index contributed by atoms with van der Waals surface area (Å²) in [7, 11) is 0. The molecule has 3 rings (SSSR count). The van der Waals surface area contributed by atoms with Gasteiger partial charge in [-0.3, -0.25) is 9.69 Å². The summed E-state index contributed by atoms with van der Waals surface area (Å²) in [6.07, 6.45) is 2.58. The van der Waals surface area contributed by atoms with Crippen molar-refractivity contribution in [3.63, 3.8) is 0 Å². The molecule has 1 aliphatic carbocycles. The Kier molecular flexibility index (Phi) is 3.22. The number of hydrogen-bond donors (Lipinski definition) is 1. The zero-order chi connectivity index (χ0) is 11.8. The molecule has 2 saturated heterocycles. The van der Waals surface area contributed by atoms with Gasteiger partial charge in [-0.25, -0.2) is 0 Å². The van der Waals surface area contributed by atoms with Gasteiger partial charge in [-0.1, -0.05) is 0 Å². The summed E-state index contributed by atoms with van der Waals surface area (Å²) in [5.41, 5.74) is 0.233. The first-order valence-electron chi connectivity index (χ1n) is 6.10. The fourth-order valence-electron chi connectivity index (χ4n) is 3.23. The van der Waals surface area contributed by atoms with E-state index in [1.165, 1.54) is 19.4 Å². The molecule has 1 N–H and O–H groups in total. The molecule has 0 unspecified atom stereocenters. The SMILES string of the molecule is CC(C)N1CC2CC1(COCCC(=O)O)C2. The predicted octanol–water partition coefficient (Wildman–Crippen LogP) is 1.35. The van der Waals surface area contributed by atoms with E-state index >= 15 is 0 Å². The maximum atomic E-state index is 10.4. The zero-order valence-corrected chi connectivity index (χ0v) is 10.1. The molecule has 2 bridgehead atoms. The first-order valence-corrected chi connectivity index (χ1v) is 6.10. The van der Waals surface area contributed by atoms with Crippen molar-refractivity contribution in [3.05, 3.63) is 0 Å². The maximum Gasteiger partial charge on any atom is 0.305 e. The average Bonchev–Trinajstić information content (AvgIpc) is 2.65. The lowest BCUT2D eigenvalue weighted by Crippen LogP contribution is -2.52. The molecular weight excluding hydrogens is 206 g/mol. The standard InChI is InChI=1S/C12H21NO3/c1-9(2)13-7-10-5-12(13,6-10)8-16-4-3-11(14)15/h9-10H,3-8H2,1-2H3,(H,14,15). The molecule has 2 aliphatic heterocycles. The Morgan fingerprint density at radius 2 is 2.25 bits per heavy atom. The lowest BCUT2D eigenvalue weighted by atomic mass is 9.73. The summed E-state index contributed by atoms with van der Waals surface area (Å²) < 4.78 is 5.53. The Balaban J connectivity index is 1.78. The molecule has 0 spiro atoms. The van der Waals surface area contributed by atoms with Crippen molar-refractivity contribution in [2.75, 3.05) is 19.8 Å². The first-order chi connectivity index (χ1) is 7.53. The van der Waals surface area contributed by atoms with E-state index in [0.717, 1.165) is 5.92 Å². The van der Waals surface area contributed by atoms with Gasteiger partial charge in [0.2, 0.25) is 0 Å².